The first kappa shape index (κ1) is 18.1. The number of hydrogen-bond acceptors (Lipinski definition) is 2. The van der Waals surface area contributed by atoms with Crippen molar-refractivity contribution in [3.05, 3.63) is 59.7 Å². The first-order valence-electron chi connectivity index (χ1n) is 8.19. The average Bonchev–Trinajstić information content (AvgIpc) is 2.45. The van der Waals surface area contributed by atoms with Crippen molar-refractivity contribution in [3.63, 3.8) is 0 Å². The minimum atomic E-state index is -0.985. The lowest BCUT2D eigenvalue weighted by Crippen LogP contribution is -2.25. The van der Waals surface area contributed by atoms with E-state index in [2.05, 4.69) is 34.6 Å². The van der Waals surface area contributed by atoms with Crippen molar-refractivity contribution in [2.24, 2.45) is 5.41 Å². The maximum atomic E-state index is 11.5. The molecule has 0 atom stereocenters. The van der Waals surface area contributed by atoms with E-state index in [0.29, 0.717) is 11.5 Å². The van der Waals surface area contributed by atoms with Gasteiger partial charge in [0.25, 0.3) is 0 Å². The fourth-order valence-corrected chi connectivity index (χ4v) is 3.25. The molecule has 24 heavy (non-hydrogen) atoms. The number of rotatable bonds is 5. The Morgan fingerprint density at radius 1 is 1.00 bits per heavy atom. The number of benzene rings is 2. The molecule has 2 rings (SSSR count). The summed E-state index contributed by atoms with van der Waals surface area (Å²) in [4.78, 5) is 11.5. The summed E-state index contributed by atoms with van der Waals surface area (Å²) in [5.41, 5.74) is 1.35. The summed E-state index contributed by atoms with van der Waals surface area (Å²) < 4.78 is 5.86. The zero-order valence-corrected chi connectivity index (χ0v) is 15.1. The van der Waals surface area contributed by atoms with Gasteiger partial charge in [-0.3, -0.25) is 0 Å². The second kappa shape index (κ2) is 6.68. The van der Waals surface area contributed by atoms with Gasteiger partial charge in [0, 0.05) is 0 Å². The molecule has 0 radical (unpaired) electrons. The van der Waals surface area contributed by atoms with E-state index in [9.17, 15) is 9.90 Å². The second-order valence-corrected chi connectivity index (χ2v) is 8.05. The highest BCUT2D eigenvalue weighted by Crippen LogP contribution is 2.38. The molecular formula is C21H26O3. The SMILES string of the molecule is CC(C)(C)CC(C)(C)c1ccc(C(=O)O)c(Oc2ccccc2)c1. The van der Waals surface area contributed by atoms with Crippen LogP contribution in [0.3, 0.4) is 0 Å². The van der Waals surface area contributed by atoms with E-state index < -0.39 is 5.97 Å². The van der Waals surface area contributed by atoms with Crippen molar-refractivity contribution in [2.75, 3.05) is 0 Å². The molecule has 0 fully saturated rings. The van der Waals surface area contributed by atoms with Crippen molar-refractivity contribution in [2.45, 2.75) is 46.5 Å². The Bertz CT molecular complexity index is 710. The summed E-state index contributed by atoms with van der Waals surface area (Å²) >= 11 is 0. The van der Waals surface area contributed by atoms with Crippen LogP contribution < -0.4 is 4.74 Å². The molecule has 0 aromatic heterocycles. The number of aromatic carboxylic acids is 1. The third kappa shape index (κ3) is 4.60. The zero-order chi connectivity index (χ0) is 18.0. The number of carbonyl (C=O) groups is 1. The fourth-order valence-electron chi connectivity index (χ4n) is 3.25. The molecular weight excluding hydrogens is 300 g/mol. The first-order chi connectivity index (χ1) is 11.1. The van der Waals surface area contributed by atoms with Gasteiger partial charge in [-0.05, 0) is 47.1 Å². The lowest BCUT2D eigenvalue weighted by atomic mass is 9.72. The van der Waals surface area contributed by atoms with Crippen LogP contribution in [-0.2, 0) is 5.41 Å². The summed E-state index contributed by atoms with van der Waals surface area (Å²) in [6.45, 7) is 11.0. The Kier molecular flexibility index (Phi) is 5.02. The Morgan fingerprint density at radius 3 is 2.17 bits per heavy atom. The normalized spacial score (nSPS) is 12.0. The van der Waals surface area contributed by atoms with E-state index in [4.69, 9.17) is 4.74 Å². The third-order valence-corrected chi connectivity index (χ3v) is 3.94. The van der Waals surface area contributed by atoms with Crippen LogP contribution >= 0.6 is 0 Å². The molecule has 0 saturated heterocycles. The molecule has 3 heteroatoms. The van der Waals surface area contributed by atoms with E-state index in [1.807, 2.05) is 42.5 Å². The summed E-state index contributed by atoms with van der Waals surface area (Å²) in [7, 11) is 0. The molecule has 3 nitrogen and oxygen atoms in total. The van der Waals surface area contributed by atoms with Gasteiger partial charge in [-0.1, -0.05) is 58.9 Å². The summed E-state index contributed by atoms with van der Waals surface area (Å²) in [6, 6.07) is 14.7. The standard InChI is InChI=1S/C21H26O3/c1-20(2,3)14-21(4,5)15-11-12-17(19(22)23)18(13-15)24-16-9-7-6-8-10-16/h6-13H,14H2,1-5H3,(H,22,23). The minimum Gasteiger partial charge on any atom is -0.478 e. The molecule has 0 unspecified atom stereocenters. The highest BCUT2D eigenvalue weighted by Gasteiger charge is 2.28. The Labute approximate surface area is 144 Å². The van der Waals surface area contributed by atoms with Gasteiger partial charge in [0.2, 0.25) is 0 Å². The Morgan fingerprint density at radius 2 is 1.62 bits per heavy atom. The minimum absolute atomic E-state index is 0.0793. The summed E-state index contributed by atoms with van der Waals surface area (Å²) in [6.07, 6.45) is 0.983. The Hall–Kier alpha value is -2.29. The van der Waals surface area contributed by atoms with Crippen molar-refractivity contribution < 1.29 is 14.6 Å². The lowest BCUT2D eigenvalue weighted by molar-refractivity contribution is 0.0694. The lowest BCUT2D eigenvalue weighted by Gasteiger charge is -2.33. The topological polar surface area (TPSA) is 46.5 Å². The molecule has 0 aliphatic heterocycles. The first-order valence-corrected chi connectivity index (χ1v) is 8.19. The van der Waals surface area contributed by atoms with E-state index in [1.54, 1.807) is 6.07 Å². The van der Waals surface area contributed by atoms with Crippen LogP contribution in [0.25, 0.3) is 0 Å². The average molecular weight is 326 g/mol. The predicted octanol–water partition coefficient (Wildman–Crippen LogP) is 5.89. The molecule has 0 saturated carbocycles. The third-order valence-electron chi connectivity index (χ3n) is 3.94. The van der Waals surface area contributed by atoms with Crippen LogP contribution in [0.15, 0.2) is 48.5 Å². The van der Waals surface area contributed by atoms with Gasteiger partial charge >= 0.3 is 5.97 Å². The molecule has 0 aliphatic carbocycles. The zero-order valence-electron chi connectivity index (χ0n) is 15.1. The van der Waals surface area contributed by atoms with Crippen LogP contribution in [0.4, 0.5) is 0 Å². The number of carboxylic acid groups (broad SMARTS) is 1. The molecule has 0 bridgehead atoms. The van der Waals surface area contributed by atoms with Gasteiger partial charge < -0.3 is 9.84 Å². The number of hydrogen-bond donors (Lipinski definition) is 1. The number of carboxylic acids is 1. The molecule has 128 valence electrons. The summed E-state index contributed by atoms with van der Waals surface area (Å²) in [5.74, 6) is 0.0278. The van der Waals surface area contributed by atoms with Crippen LogP contribution in [0.5, 0.6) is 11.5 Å². The summed E-state index contributed by atoms with van der Waals surface area (Å²) in [5, 5.41) is 9.44. The number of ether oxygens (including phenoxy) is 1. The van der Waals surface area contributed by atoms with Gasteiger partial charge in [-0.15, -0.1) is 0 Å². The van der Waals surface area contributed by atoms with Crippen LogP contribution in [0.2, 0.25) is 0 Å². The van der Waals surface area contributed by atoms with Gasteiger partial charge in [-0.2, -0.15) is 0 Å². The molecule has 0 amide bonds. The highest BCUT2D eigenvalue weighted by atomic mass is 16.5. The molecule has 0 heterocycles. The van der Waals surface area contributed by atoms with Crippen molar-refractivity contribution in [1.29, 1.82) is 0 Å². The smallest absolute Gasteiger partial charge is 0.339 e. The molecule has 0 aliphatic rings. The Balaban J connectivity index is 2.42. The quantitative estimate of drug-likeness (QED) is 0.745. The van der Waals surface area contributed by atoms with E-state index in [1.165, 1.54) is 0 Å². The molecule has 1 N–H and O–H groups in total. The van der Waals surface area contributed by atoms with E-state index in [0.717, 1.165) is 12.0 Å². The maximum Gasteiger partial charge on any atom is 0.339 e. The monoisotopic (exact) mass is 326 g/mol. The van der Waals surface area contributed by atoms with Crippen LogP contribution in [-0.4, -0.2) is 11.1 Å². The van der Waals surface area contributed by atoms with E-state index in [-0.39, 0.29) is 16.4 Å². The van der Waals surface area contributed by atoms with Crippen LogP contribution in [0.1, 0.15) is 57.0 Å². The van der Waals surface area contributed by atoms with Gasteiger partial charge in [0.15, 0.2) is 0 Å². The molecule has 2 aromatic rings. The van der Waals surface area contributed by atoms with Gasteiger partial charge in [0.1, 0.15) is 17.1 Å². The fraction of sp³-hybridized carbons (Fsp3) is 0.381. The van der Waals surface area contributed by atoms with E-state index >= 15 is 0 Å². The largest absolute Gasteiger partial charge is 0.478 e. The van der Waals surface area contributed by atoms with Crippen molar-refractivity contribution >= 4 is 5.97 Å². The predicted molar refractivity (Wildman–Crippen MR) is 97.0 cm³/mol. The van der Waals surface area contributed by atoms with Crippen molar-refractivity contribution in [3.8, 4) is 11.5 Å². The molecule has 2 aromatic carbocycles. The maximum absolute atomic E-state index is 11.5. The van der Waals surface area contributed by atoms with Crippen LogP contribution in [0, 0.1) is 5.41 Å². The van der Waals surface area contributed by atoms with Crippen molar-refractivity contribution in [1.82, 2.24) is 0 Å². The number of para-hydroxylation sites is 1. The highest BCUT2D eigenvalue weighted by molar-refractivity contribution is 5.91. The van der Waals surface area contributed by atoms with Gasteiger partial charge in [0.05, 0.1) is 0 Å². The van der Waals surface area contributed by atoms with Gasteiger partial charge in [-0.25, -0.2) is 4.79 Å². The molecule has 0 spiro atoms. The second-order valence-electron chi connectivity index (χ2n) is 8.05.